The van der Waals surface area contributed by atoms with E-state index in [1.165, 1.54) is 7.11 Å². The van der Waals surface area contributed by atoms with Gasteiger partial charge in [-0.25, -0.2) is 0 Å². The van der Waals surface area contributed by atoms with Crippen LogP contribution < -0.4 is 0 Å². The third-order valence-corrected chi connectivity index (χ3v) is 3.57. The summed E-state index contributed by atoms with van der Waals surface area (Å²) in [5, 5.41) is 10.4. The zero-order valence-corrected chi connectivity index (χ0v) is 12.1. The van der Waals surface area contributed by atoms with E-state index in [-0.39, 0.29) is 0 Å². The number of carbonyl (C=O) groups excluding carboxylic acids is 1. The van der Waals surface area contributed by atoms with Crippen LogP contribution in [0.1, 0.15) is 23.5 Å². The molecule has 2 rings (SSSR count). The van der Waals surface area contributed by atoms with E-state index in [0.29, 0.717) is 6.42 Å². The van der Waals surface area contributed by atoms with E-state index in [2.05, 4.69) is 0 Å². The molecule has 0 fully saturated rings. The Hall–Kier alpha value is -2.13. The van der Waals surface area contributed by atoms with Gasteiger partial charge in [0.2, 0.25) is 0 Å². The Bertz CT molecular complexity index is 551. The van der Waals surface area contributed by atoms with Crippen molar-refractivity contribution < 1.29 is 14.6 Å². The molecular weight excluding hydrogens is 264 g/mol. The summed E-state index contributed by atoms with van der Waals surface area (Å²) in [6.07, 6.45) is 0.473. The second kappa shape index (κ2) is 7.60. The Morgan fingerprint density at radius 3 is 2.19 bits per heavy atom. The largest absolute Gasteiger partial charge is 0.468 e. The van der Waals surface area contributed by atoms with E-state index in [9.17, 15) is 9.90 Å². The average Bonchev–Trinajstić information content (AvgIpc) is 2.55. The van der Waals surface area contributed by atoms with E-state index >= 15 is 0 Å². The first-order valence-corrected chi connectivity index (χ1v) is 7.07. The molecule has 0 heterocycles. The number of aryl methyl sites for hydroxylation is 1. The summed E-state index contributed by atoms with van der Waals surface area (Å²) in [5.41, 5.74) is 1.93. The zero-order valence-electron chi connectivity index (χ0n) is 12.1. The van der Waals surface area contributed by atoms with Crippen LogP contribution in [-0.4, -0.2) is 24.3 Å². The highest BCUT2D eigenvalue weighted by Crippen LogP contribution is 2.24. The summed E-state index contributed by atoms with van der Waals surface area (Å²) in [5.74, 6) is -1.04. The summed E-state index contributed by atoms with van der Waals surface area (Å²) < 4.78 is 4.84. The number of hydrogen-bond acceptors (Lipinski definition) is 3. The van der Waals surface area contributed by atoms with Crippen LogP contribution >= 0.6 is 0 Å². The Labute approximate surface area is 125 Å². The minimum absolute atomic E-state index is 0.401. The van der Waals surface area contributed by atoms with E-state index < -0.39 is 18.0 Å². The normalized spacial score (nSPS) is 13.4. The Morgan fingerprint density at radius 2 is 1.62 bits per heavy atom. The van der Waals surface area contributed by atoms with E-state index in [1.807, 2.05) is 60.7 Å². The molecule has 0 saturated heterocycles. The van der Waals surface area contributed by atoms with Crippen LogP contribution in [0.5, 0.6) is 0 Å². The molecule has 0 aliphatic rings. The fraction of sp³-hybridized carbons (Fsp3) is 0.278. The maximum atomic E-state index is 12.0. The van der Waals surface area contributed by atoms with Crippen LogP contribution in [-0.2, 0) is 16.0 Å². The fourth-order valence-electron chi connectivity index (χ4n) is 2.43. The molecule has 21 heavy (non-hydrogen) atoms. The number of esters is 1. The highest BCUT2D eigenvalue weighted by Gasteiger charge is 2.29. The minimum Gasteiger partial charge on any atom is -0.468 e. The highest BCUT2D eigenvalue weighted by molar-refractivity contribution is 5.78. The first-order chi connectivity index (χ1) is 10.2. The number of methoxy groups -OCH3 is 1. The molecule has 2 atom stereocenters. The molecule has 0 aromatic heterocycles. The van der Waals surface area contributed by atoms with Crippen molar-refractivity contribution in [2.24, 2.45) is 0 Å². The van der Waals surface area contributed by atoms with Crippen molar-refractivity contribution in [2.75, 3.05) is 7.11 Å². The molecule has 3 nitrogen and oxygen atoms in total. The SMILES string of the molecule is COC(=O)C(c1ccccc1)C(O)CCc1ccccc1. The quantitative estimate of drug-likeness (QED) is 0.830. The van der Waals surface area contributed by atoms with Gasteiger partial charge in [-0.2, -0.15) is 0 Å². The lowest BCUT2D eigenvalue weighted by Crippen LogP contribution is -2.27. The summed E-state index contributed by atoms with van der Waals surface area (Å²) in [7, 11) is 1.35. The van der Waals surface area contributed by atoms with Crippen molar-refractivity contribution in [2.45, 2.75) is 24.9 Å². The molecule has 2 aromatic carbocycles. The number of rotatable bonds is 6. The van der Waals surface area contributed by atoms with E-state index in [1.54, 1.807) is 0 Å². The molecule has 2 aromatic rings. The van der Waals surface area contributed by atoms with Crippen molar-refractivity contribution in [3.63, 3.8) is 0 Å². The molecular formula is C18H20O3. The maximum Gasteiger partial charge on any atom is 0.315 e. The van der Waals surface area contributed by atoms with Crippen LogP contribution in [0.2, 0.25) is 0 Å². The number of aliphatic hydroxyl groups is 1. The van der Waals surface area contributed by atoms with Crippen LogP contribution in [0.25, 0.3) is 0 Å². The number of aliphatic hydroxyl groups excluding tert-OH is 1. The van der Waals surface area contributed by atoms with Gasteiger partial charge in [0.15, 0.2) is 0 Å². The van der Waals surface area contributed by atoms with Crippen molar-refractivity contribution in [3.8, 4) is 0 Å². The van der Waals surface area contributed by atoms with E-state index in [0.717, 1.165) is 17.5 Å². The lowest BCUT2D eigenvalue weighted by atomic mass is 9.90. The Morgan fingerprint density at radius 1 is 1.05 bits per heavy atom. The van der Waals surface area contributed by atoms with Crippen molar-refractivity contribution in [1.82, 2.24) is 0 Å². The summed E-state index contributed by atoms with van der Waals surface area (Å²) in [6.45, 7) is 0. The smallest absolute Gasteiger partial charge is 0.315 e. The predicted octanol–water partition coefficient (Wildman–Crippen LogP) is 2.94. The van der Waals surface area contributed by atoms with E-state index in [4.69, 9.17) is 4.74 Å². The molecule has 0 bridgehead atoms. The molecule has 0 saturated carbocycles. The molecule has 0 radical (unpaired) electrons. The van der Waals surface area contributed by atoms with Crippen LogP contribution in [0.4, 0.5) is 0 Å². The molecule has 110 valence electrons. The number of benzene rings is 2. The predicted molar refractivity (Wildman–Crippen MR) is 82.0 cm³/mol. The van der Waals surface area contributed by atoms with Gasteiger partial charge < -0.3 is 9.84 Å². The molecule has 0 aliphatic carbocycles. The second-order valence-electron chi connectivity index (χ2n) is 5.00. The molecule has 3 heteroatoms. The van der Waals surface area contributed by atoms with Gasteiger partial charge in [-0.3, -0.25) is 4.79 Å². The topological polar surface area (TPSA) is 46.5 Å². The molecule has 0 spiro atoms. The summed E-state index contributed by atoms with van der Waals surface area (Å²) in [6, 6.07) is 19.2. The third-order valence-electron chi connectivity index (χ3n) is 3.57. The van der Waals surface area contributed by atoms with Crippen molar-refractivity contribution in [3.05, 3.63) is 71.8 Å². The van der Waals surface area contributed by atoms with Crippen LogP contribution in [0.3, 0.4) is 0 Å². The van der Waals surface area contributed by atoms with Gasteiger partial charge in [-0.05, 0) is 24.0 Å². The fourth-order valence-corrected chi connectivity index (χ4v) is 2.43. The number of carbonyl (C=O) groups is 1. The molecule has 0 amide bonds. The standard InChI is InChI=1S/C18H20O3/c1-21-18(20)17(15-10-6-3-7-11-15)16(19)13-12-14-8-4-2-5-9-14/h2-11,16-17,19H,12-13H2,1H3. The second-order valence-corrected chi connectivity index (χ2v) is 5.00. The number of hydrogen-bond donors (Lipinski definition) is 1. The summed E-state index contributed by atoms with van der Waals surface area (Å²) in [4.78, 5) is 12.0. The van der Waals surface area contributed by atoms with Gasteiger partial charge in [0.25, 0.3) is 0 Å². The Balaban J connectivity index is 2.08. The van der Waals surface area contributed by atoms with Crippen LogP contribution in [0.15, 0.2) is 60.7 Å². The first kappa shape index (κ1) is 15.3. The average molecular weight is 284 g/mol. The minimum atomic E-state index is -0.764. The monoisotopic (exact) mass is 284 g/mol. The lowest BCUT2D eigenvalue weighted by molar-refractivity contribution is -0.145. The molecule has 0 aliphatic heterocycles. The van der Waals surface area contributed by atoms with Gasteiger partial charge in [0.1, 0.15) is 5.92 Å². The van der Waals surface area contributed by atoms with Crippen LogP contribution in [0, 0.1) is 0 Å². The molecule has 1 N–H and O–H groups in total. The van der Waals surface area contributed by atoms with Gasteiger partial charge >= 0.3 is 5.97 Å². The van der Waals surface area contributed by atoms with Gasteiger partial charge in [-0.1, -0.05) is 60.7 Å². The Kier molecular flexibility index (Phi) is 5.52. The van der Waals surface area contributed by atoms with Crippen molar-refractivity contribution in [1.29, 1.82) is 0 Å². The highest BCUT2D eigenvalue weighted by atomic mass is 16.5. The van der Waals surface area contributed by atoms with Gasteiger partial charge in [-0.15, -0.1) is 0 Å². The van der Waals surface area contributed by atoms with Gasteiger partial charge in [0.05, 0.1) is 13.2 Å². The van der Waals surface area contributed by atoms with Gasteiger partial charge in [0, 0.05) is 0 Å². The summed E-state index contributed by atoms with van der Waals surface area (Å²) >= 11 is 0. The zero-order chi connectivity index (χ0) is 15.1. The third kappa shape index (κ3) is 4.17. The maximum absolute atomic E-state index is 12.0. The lowest BCUT2D eigenvalue weighted by Gasteiger charge is -2.21. The number of ether oxygens (including phenoxy) is 1. The molecule has 2 unspecified atom stereocenters. The first-order valence-electron chi connectivity index (χ1n) is 7.07. The van der Waals surface area contributed by atoms with Crippen molar-refractivity contribution >= 4 is 5.97 Å².